The zero-order chi connectivity index (χ0) is 67.5. The maximum Gasteiger partial charge on any atom is 0.412 e. The number of pyridine rings is 2. The lowest BCUT2D eigenvalue weighted by Crippen LogP contribution is -2.42. The van der Waals surface area contributed by atoms with Gasteiger partial charge in [-0.3, -0.25) is 14.9 Å². The van der Waals surface area contributed by atoms with Crippen molar-refractivity contribution in [1.29, 1.82) is 0 Å². The first-order valence-corrected chi connectivity index (χ1v) is 35.6. The number of carbonyl (C=O) groups excluding carboxylic acids is 3. The van der Waals surface area contributed by atoms with Crippen molar-refractivity contribution >= 4 is 91.0 Å². The molecule has 2 aromatic heterocycles. The van der Waals surface area contributed by atoms with E-state index in [-0.39, 0.29) is 91.2 Å². The largest absolute Gasteiger partial charge is 0.496 e. The van der Waals surface area contributed by atoms with Crippen LogP contribution >= 0.6 is 23.2 Å². The summed E-state index contributed by atoms with van der Waals surface area (Å²) in [6.45, 7) is 35.3. The molecule has 0 fully saturated rings. The molecule has 16 nitrogen and oxygen atoms in total. The van der Waals surface area contributed by atoms with Crippen LogP contribution in [0.1, 0.15) is 145 Å². The predicted molar refractivity (Wildman–Crippen MR) is 349 cm³/mol. The third-order valence-corrected chi connectivity index (χ3v) is 26.3. The Morgan fingerprint density at radius 2 is 0.944 bits per heavy atom. The van der Waals surface area contributed by atoms with E-state index in [2.05, 4.69) is 73.0 Å². The maximum atomic E-state index is 15.4. The van der Waals surface area contributed by atoms with Crippen LogP contribution in [-0.2, 0) is 35.9 Å². The molecule has 89 heavy (non-hydrogen) atoms. The van der Waals surface area contributed by atoms with E-state index in [0.29, 0.717) is 46.9 Å². The molecule has 24 heteroatoms. The molecule has 3 N–H and O–H groups in total. The molecule has 6 aromatic rings. The molecule has 0 saturated heterocycles. The molecule has 0 aliphatic rings. The Morgan fingerprint density at radius 1 is 0.573 bits per heavy atom. The van der Waals surface area contributed by atoms with E-state index in [1.54, 1.807) is 39.0 Å². The van der Waals surface area contributed by atoms with Crippen LogP contribution in [0.5, 0.6) is 11.5 Å². The second kappa shape index (κ2) is 28.4. The van der Waals surface area contributed by atoms with E-state index in [9.17, 15) is 37.1 Å². The number of ether oxygens (including phenoxy) is 5. The van der Waals surface area contributed by atoms with Gasteiger partial charge in [0, 0.05) is 48.1 Å². The first-order valence-electron chi connectivity index (χ1n) is 29.0. The van der Waals surface area contributed by atoms with Crippen molar-refractivity contribution in [3.05, 3.63) is 136 Å². The topological polar surface area (TPSA) is 198 Å². The van der Waals surface area contributed by atoms with Crippen molar-refractivity contribution in [2.45, 2.75) is 157 Å². The van der Waals surface area contributed by atoms with Crippen molar-refractivity contribution in [3.8, 4) is 11.5 Å². The lowest BCUT2D eigenvalue weighted by molar-refractivity contribution is 0.0589. The summed E-state index contributed by atoms with van der Waals surface area (Å²) in [6, 6.07) is 8.13. The highest BCUT2D eigenvalue weighted by Crippen LogP contribution is 2.41. The van der Waals surface area contributed by atoms with Crippen LogP contribution in [0.4, 0.5) is 33.7 Å². The number of rotatable bonds is 19. The summed E-state index contributed by atoms with van der Waals surface area (Å²) in [5, 5.41) is 1.06. The number of esters is 2. The van der Waals surface area contributed by atoms with Gasteiger partial charge in [0.25, 0.3) is 0 Å². The molecule has 6 rings (SSSR count). The van der Waals surface area contributed by atoms with E-state index in [1.807, 2.05) is 36.8 Å². The fourth-order valence-electron chi connectivity index (χ4n) is 9.27. The van der Waals surface area contributed by atoms with E-state index >= 15 is 4.39 Å². The number of hydrogen-bond acceptors (Lipinski definition) is 13. The molecule has 2 heterocycles. The van der Waals surface area contributed by atoms with Gasteiger partial charge in [-0.2, -0.15) is 0 Å². The summed E-state index contributed by atoms with van der Waals surface area (Å²) in [4.78, 5) is 65.4. The number of fused-ring (bicyclic) bond motifs is 2. The van der Waals surface area contributed by atoms with Gasteiger partial charge in [0.15, 0.2) is 28.3 Å². The number of nitrogens with two attached hydrogens (primary N) is 1. The molecule has 4 aromatic carbocycles. The SMILES string of the molecule is COC(=O)c1cn([C@H](CO[Si](C)(C)C(C)(C)C)C(C)C)c2cc(OC)c(Cc3cc(N)c(F)c(Cl)c3F)cc2c1=O.COC(=O)c1cn([C@H](CO[Si](C)(C)C(C)(C)C)C(C)C)c2cc(OC)c(Cc3cc(NC(=O)OC(C)(C)C)c(F)c(Cl)c3F)cc2c1=O. The summed E-state index contributed by atoms with van der Waals surface area (Å²) < 4.78 is 103. The molecular weight excluding hydrogens is 1230 g/mol. The first kappa shape index (κ1) is 73.3. The summed E-state index contributed by atoms with van der Waals surface area (Å²) >= 11 is 11.8. The van der Waals surface area contributed by atoms with Crippen LogP contribution in [-0.4, -0.2) is 91.1 Å². The van der Waals surface area contributed by atoms with Crippen LogP contribution in [0.3, 0.4) is 0 Å². The number of nitrogens with zero attached hydrogens (tertiary/aromatic N) is 2. The van der Waals surface area contributed by atoms with Gasteiger partial charge >= 0.3 is 18.0 Å². The molecule has 0 bridgehead atoms. The van der Waals surface area contributed by atoms with Gasteiger partial charge in [0.05, 0.1) is 76.1 Å². The van der Waals surface area contributed by atoms with Gasteiger partial charge in [-0.1, -0.05) is 92.4 Å². The number of halogens is 6. The van der Waals surface area contributed by atoms with Crippen LogP contribution in [0.15, 0.2) is 58.4 Å². The normalized spacial score (nSPS) is 13.1. The number of amides is 1. The number of methoxy groups -OCH3 is 4. The Kier molecular flexibility index (Phi) is 23.4. The molecule has 2 atom stereocenters. The molecule has 0 unspecified atom stereocenters. The van der Waals surface area contributed by atoms with Gasteiger partial charge in [-0.15, -0.1) is 0 Å². The number of aromatic nitrogens is 2. The smallest absolute Gasteiger partial charge is 0.412 e. The second-order valence-electron chi connectivity index (χ2n) is 26.7. The standard InChI is InChI=1S/C35H47ClF2N2O7Si.C30H39ClF2N2O5Si/c1-19(2)26(18-46-48(11,12)35(6,7)8)40-17-23(32(42)45-10)31(41)22-14-20(27(44-9)16-25(22)40)13-21-15-24(30(38)28(36)29(21)37)39-33(43)47-34(3,4)5;1-16(2)23(15-40-41(8,9)30(3,4)5)35-14-20(29(37)39-7)28(36)19-11-17(24(38-6)13-22(19)35)10-18-12-21(34)27(33)25(31)26(18)32/h14-17,19,26H,13,18H2,1-12H3,(H,39,43);11-14,16,23H,10,15,34H2,1-9H3/t26-;23-/m11/s1. The number of carbonyl (C=O) groups is 3. The van der Waals surface area contributed by atoms with Crippen molar-refractivity contribution in [2.75, 3.05) is 52.7 Å². The monoisotopic (exact) mass is 1320 g/mol. The Hall–Kier alpha value is -6.44. The van der Waals surface area contributed by atoms with Crippen LogP contribution in [0.25, 0.3) is 21.8 Å². The first-order chi connectivity index (χ1) is 41.0. The highest BCUT2D eigenvalue weighted by Gasteiger charge is 2.40. The zero-order valence-corrected chi connectivity index (χ0v) is 58.4. The van der Waals surface area contributed by atoms with Crippen LogP contribution < -0.4 is 31.4 Å². The molecule has 0 saturated carbocycles. The molecule has 0 aliphatic carbocycles. The number of anilines is 2. The number of hydrogen-bond donors (Lipinski definition) is 2. The van der Waals surface area contributed by atoms with E-state index in [4.69, 9.17) is 61.5 Å². The summed E-state index contributed by atoms with van der Waals surface area (Å²) in [6.07, 6.45) is 1.74. The number of benzene rings is 4. The Labute approximate surface area is 530 Å². The minimum atomic E-state index is -2.18. The lowest BCUT2D eigenvalue weighted by Gasteiger charge is -2.38. The van der Waals surface area contributed by atoms with Crippen molar-refractivity contribution < 1.29 is 64.5 Å². The molecule has 1 amide bonds. The number of nitrogen functional groups attached to an aromatic ring is 1. The second-order valence-corrected chi connectivity index (χ2v) is 37.1. The fraction of sp³-hybridized carbons (Fsp3) is 0.492. The average molecular weight is 1320 g/mol. The average Bonchev–Trinajstić information content (AvgIpc) is 1.79. The highest BCUT2D eigenvalue weighted by atomic mass is 35.5. The van der Waals surface area contributed by atoms with Crippen molar-refractivity contribution in [2.24, 2.45) is 11.8 Å². The lowest BCUT2D eigenvalue weighted by atomic mass is 9.98. The third kappa shape index (κ3) is 16.6. The Morgan fingerprint density at radius 3 is 1.28 bits per heavy atom. The van der Waals surface area contributed by atoms with Gasteiger partial charge in [0.2, 0.25) is 10.9 Å². The Balaban J connectivity index is 0.000000328. The minimum absolute atomic E-state index is 0.0165. The van der Waals surface area contributed by atoms with Crippen LogP contribution in [0, 0.1) is 35.1 Å². The van der Waals surface area contributed by atoms with E-state index in [1.165, 1.54) is 46.9 Å². The van der Waals surface area contributed by atoms with E-state index in [0.717, 1.165) is 12.1 Å². The van der Waals surface area contributed by atoms with Crippen LogP contribution in [0.2, 0.25) is 46.3 Å². The summed E-state index contributed by atoms with van der Waals surface area (Å²) in [5.74, 6) is -5.06. The molecule has 488 valence electrons. The molecule has 0 aliphatic heterocycles. The minimum Gasteiger partial charge on any atom is -0.496 e. The molecule has 0 spiro atoms. The zero-order valence-electron chi connectivity index (χ0n) is 54.9. The van der Waals surface area contributed by atoms with Gasteiger partial charge in [0.1, 0.15) is 49.9 Å². The highest BCUT2D eigenvalue weighted by molar-refractivity contribution is 6.74. The molecule has 0 radical (unpaired) electrons. The van der Waals surface area contributed by atoms with E-state index < -0.39 is 84.4 Å². The fourth-order valence-corrected chi connectivity index (χ4v) is 11.8. The summed E-state index contributed by atoms with van der Waals surface area (Å²) in [7, 11) is 0.985. The van der Waals surface area contributed by atoms with Crippen molar-refractivity contribution in [1.82, 2.24) is 9.13 Å². The summed E-state index contributed by atoms with van der Waals surface area (Å²) in [5.41, 5.74) is 4.37. The van der Waals surface area contributed by atoms with Crippen molar-refractivity contribution in [3.63, 3.8) is 0 Å². The Bertz CT molecular complexity index is 3780. The third-order valence-electron chi connectivity index (χ3n) is 16.6. The van der Waals surface area contributed by atoms with Gasteiger partial charge in [-0.25, -0.2) is 31.9 Å². The van der Waals surface area contributed by atoms with Gasteiger partial charge in [-0.05, 0) is 115 Å². The quantitative estimate of drug-likeness (QED) is 0.0194. The predicted octanol–water partition coefficient (Wildman–Crippen LogP) is 16.0. The number of nitrogens with one attached hydrogen (secondary N) is 1. The maximum absolute atomic E-state index is 15.4. The van der Waals surface area contributed by atoms with Gasteiger partial charge < -0.3 is 47.4 Å². The molecular formula is C65H86Cl2F4N4O12Si2.